The van der Waals surface area contributed by atoms with Crippen LogP contribution in [0.25, 0.3) is 0 Å². The number of carbonyl (C=O) groups is 1. The molecule has 0 aliphatic carbocycles. The van der Waals surface area contributed by atoms with E-state index in [1.807, 2.05) is 0 Å². The summed E-state index contributed by atoms with van der Waals surface area (Å²) in [4.78, 5) is 13.8. The molecule has 0 bridgehead atoms. The average Bonchev–Trinajstić information content (AvgIpc) is 1.97. The number of rotatable bonds is 7. The predicted molar refractivity (Wildman–Crippen MR) is 37.1 cm³/mol. The van der Waals surface area contributed by atoms with E-state index in [1.54, 1.807) is 0 Å². The zero-order valence-corrected chi connectivity index (χ0v) is 5.80. The van der Waals surface area contributed by atoms with Crippen LogP contribution in [0.3, 0.4) is 0 Å². The van der Waals surface area contributed by atoms with Crippen LogP contribution in [-0.4, -0.2) is 32.7 Å². The van der Waals surface area contributed by atoms with Crippen molar-refractivity contribution in [2.24, 2.45) is 5.73 Å². The summed E-state index contributed by atoms with van der Waals surface area (Å²) in [7, 11) is 0. The first kappa shape index (κ1) is 9.35. The standard InChI is InChI=1S/C5H13N3O2/c6-1-2-7-3-4-8-10-5-9/h5,7-8H,1-4,6H2. The first-order chi connectivity index (χ1) is 4.91. The minimum atomic E-state index is 0.350. The average molecular weight is 147 g/mol. The van der Waals surface area contributed by atoms with E-state index in [0.717, 1.165) is 13.1 Å². The van der Waals surface area contributed by atoms with E-state index < -0.39 is 0 Å². The number of carbonyl (C=O) groups excluding carboxylic acids is 1. The fourth-order valence-electron chi connectivity index (χ4n) is 0.459. The van der Waals surface area contributed by atoms with Gasteiger partial charge in [-0.15, -0.1) is 0 Å². The van der Waals surface area contributed by atoms with Gasteiger partial charge in [-0.3, -0.25) is 4.79 Å². The lowest BCUT2D eigenvalue weighted by molar-refractivity contribution is -0.135. The summed E-state index contributed by atoms with van der Waals surface area (Å²) in [5, 5.41) is 3.01. The first-order valence-corrected chi connectivity index (χ1v) is 3.14. The third kappa shape index (κ3) is 7.35. The first-order valence-electron chi connectivity index (χ1n) is 3.14. The number of hydroxylamine groups is 1. The fourth-order valence-corrected chi connectivity index (χ4v) is 0.459. The molecule has 0 heterocycles. The molecule has 0 fully saturated rings. The molecule has 0 rings (SSSR count). The summed E-state index contributed by atoms with van der Waals surface area (Å²) < 4.78 is 0. The molecule has 0 unspecified atom stereocenters. The van der Waals surface area contributed by atoms with Gasteiger partial charge in [-0.1, -0.05) is 0 Å². The molecule has 0 atom stereocenters. The normalized spacial score (nSPS) is 9.30. The van der Waals surface area contributed by atoms with Gasteiger partial charge in [0.1, 0.15) is 0 Å². The molecule has 0 aromatic heterocycles. The monoisotopic (exact) mass is 147 g/mol. The van der Waals surface area contributed by atoms with Crippen LogP contribution in [0.5, 0.6) is 0 Å². The quantitative estimate of drug-likeness (QED) is 0.225. The van der Waals surface area contributed by atoms with Crippen LogP contribution in [-0.2, 0) is 9.63 Å². The highest BCUT2D eigenvalue weighted by molar-refractivity contribution is 5.36. The van der Waals surface area contributed by atoms with Gasteiger partial charge in [0.05, 0.1) is 0 Å². The summed E-state index contributed by atoms with van der Waals surface area (Å²) in [6, 6.07) is 0. The van der Waals surface area contributed by atoms with Crippen molar-refractivity contribution in [1.82, 2.24) is 10.8 Å². The van der Waals surface area contributed by atoms with Crippen molar-refractivity contribution in [3.63, 3.8) is 0 Å². The number of nitrogens with two attached hydrogens (primary N) is 1. The van der Waals surface area contributed by atoms with Gasteiger partial charge >= 0.3 is 6.47 Å². The Labute approximate surface area is 59.9 Å². The second kappa shape index (κ2) is 8.35. The molecular formula is C5H13N3O2. The molecule has 0 aromatic carbocycles. The highest BCUT2D eigenvalue weighted by Gasteiger charge is 1.83. The molecule has 0 radical (unpaired) electrons. The van der Waals surface area contributed by atoms with E-state index in [0.29, 0.717) is 19.6 Å². The zero-order chi connectivity index (χ0) is 7.66. The molecule has 5 heteroatoms. The lowest BCUT2D eigenvalue weighted by Gasteiger charge is -2.01. The largest absolute Gasteiger partial charge is 0.374 e. The highest BCUT2D eigenvalue weighted by Crippen LogP contribution is 1.57. The van der Waals surface area contributed by atoms with Gasteiger partial charge in [-0.2, -0.15) is 5.48 Å². The van der Waals surface area contributed by atoms with E-state index in [9.17, 15) is 4.79 Å². The van der Waals surface area contributed by atoms with Crippen molar-refractivity contribution in [2.75, 3.05) is 26.2 Å². The minimum absolute atomic E-state index is 0.350. The van der Waals surface area contributed by atoms with Crippen LogP contribution in [0, 0.1) is 0 Å². The lowest BCUT2D eigenvalue weighted by Crippen LogP contribution is -2.30. The molecule has 0 amide bonds. The Kier molecular flexibility index (Phi) is 7.81. The van der Waals surface area contributed by atoms with Crippen molar-refractivity contribution in [3.8, 4) is 0 Å². The Morgan fingerprint density at radius 1 is 1.40 bits per heavy atom. The molecule has 60 valence electrons. The maximum Gasteiger partial charge on any atom is 0.312 e. The van der Waals surface area contributed by atoms with Gasteiger partial charge < -0.3 is 15.9 Å². The Bertz CT molecular complexity index is 79.3. The summed E-state index contributed by atoms with van der Waals surface area (Å²) in [6.07, 6.45) is 0. The molecular weight excluding hydrogens is 134 g/mol. The maximum absolute atomic E-state index is 9.57. The maximum atomic E-state index is 9.57. The van der Waals surface area contributed by atoms with Gasteiger partial charge in [0.15, 0.2) is 0 Å². The molecule has 0 aliphatic rings. The molecule has 0 aromatic rings. The molecule has 4 N–H and O–H groups in total. The summed E-state index contributed by atoms with van der Waals surface area (Å²) >= 11 is 0. The zero-order valence-electron chi connectivity index (χ0n) is 5.80. The Balaban J connectivity index is 2.70. The van der Waals surface area contributed by atoms with Crippen LogP contribution in [0.4, 0.5) is 0 Å². The van der Waals surface area contributed by atoms with Crippen molar-refractivity contribution >= 4 is 6.47 Å². The van der Waals surface area contributed by atoms with Gasteiger partial charge in [0, 0.05) is 26.2 Å². The molecule has 0 aliphatic heterocycles. The summed E-state index contributed by atoms with van der Waals surface area (Å²) in [5.74, 6) is 0. The smallest absolute Gasteiger partial charge is 0.312 e. The van der Waals surface area contributed by atoms with Crippen LogP contribution in [0.15, 0.2) is 0 Å². The Morgan fingerprint density at radius 2 is 2.20 bits per heavy atom. The fraction of sp³-hybridized carbons (Fsp3) is 0.800. The van der Waals surface area contributed by atoms with Crippen LogP contribution in [0.2, 0.25) is 0 Å². The van der Waals surface area contributed by atoms with E-state index in [-0.39, 0.29) is 0 Å². The predicted octanol–water partition coefficient (Wildman–Crippen LogP) is -1.79. The lowest BCUT2D eigenvalue weighted by atomic mass is 10.6. The second-order valence-corrected chi connectivity index (χ2v) is 1.65. The van der Waals surface area contributed by atoms with E-state index in [1.165, 1.54) is 0 Å². The summed E-state index contributed by atoms with van der Waals surface area (Å²) in [5.41, 5.74) is 7.62. The van der Waals surface area contributed by atoms with Crippen molar-refractivity contribution in [3.05, 3.63) is 0 Å². The summed E-state index contributed by atoms with van der Waals surface area (Å²) in [6.45, 7) is 3.09. The molecule has 0 saturated carbocycles. The van der Waals surface area contributed by atoms with Crippen LogP contribution < -0.4 is 16.5 Å². The Morgan fingerprint density at radius 3 is 2.80 bits per heavy atom. The van der Waals surface area contributed by atoms with Gasteiger partial charge in [-0.25, -0.2) is 0 Å². The molecule has 0 saturated heterocycles. The van der Waals surface area contributed by atoms with E-state index >= 15 is 0 Å². The highest BCUT2D eigenvalue weighted by atomic mass is 16.7. The topological polar surface area (TPSA) is 76.4 Å². The number of hydrogen-bond donors (Lipinski definition) is 3. The third-order valence-corrected chi connectivity index (χ3v) is 0.856. The van der Waals surface area contributed by atoms with Crippen molar-refractivity contribution < 1.29 is 9.63 Å². The SMILES string of the molecule is NCCNCCNOC=O. The molecule has 0 spiro atoms. The van der Waals surface area contributed by atoms with E-state index in [2.05, 4.69) is 15.6 Å². The van der Waals surface area contributed by atoms with Gasteiger partial charge in [-0.05, 0) is 0 Å². The number of hydrogen-bond acceptors (Lipinski definition) is 5. The van der Waals surface area contributed by atoms with Crippen LogP contribution in [0.1, 0.15) is 0 Å². The van der Waals surface area contributed by atoms with E-state index in [4.69, 9.17) is 5.73 Å². The Hall–Kier alpha value is -0.650. The van der Waals surface area contributed by atoms with Crippen molar-refractivity contribution in [2.45, 2.75) is 0 Å². The number of nitrogens with one attached hydrogen (secondary N) is 2. The van der Waals surface area contributed by atoms with Gasteiger partial charge in [0.25, 0.3) is 0 Å². The minimum Gasteiger partial charge on any atom is -0.374 e. The third-order valence-electron chi connectivity index (χ3n) is 0.856. The van der Waals surface area contributed by atoms with Crippen molar-refractivity contribution in [1.29, 1.82) is 0 Å². The van der Waals surface area contributed by atoms with Crippen LogP contribution >= 0.6 is 0 Å². The molecule has 5 nitrogen and oxygen atoms in total. The molecule has 10 heavy (non-hydrogen) atoms. The second-order valence-electron chi connectivity index (χ2n) is 1.65. The van der Waals surface area contributed by atoms with Gasteiger partial charge in [0.2, 0.25) is 0 Å².